The lowest BCUT2D eigenvalue weighted by molar-refractivity contribution is -0.142. The van der Waals surface area contributed by atoms with Gasteiger partial charge < -0.3 is 15.6 Å². The highest BCUT2D eigenvalue weighted by atomic mass is 16.5. The van der Waals surface area contributed by atoms with E-state index in [-0.39, 0.29) is 6.54 Å². The third-order valence-corrected chi connectivity index (χ3v) is 2.68. The number of nitrogens with zero attached hydrogens (tertiary/aromatic N) is 1. The second kappa shape index (κ2) is 6.05. The lowest BCUT2D eigenvalue weighted by Crippen LogP contribution is -2.45. The van der Waals surface area contributed by atoms with E-state index in [4.69, 9.17) is 15.6 Å². The first-order chi connectivity index (χ1) is 7.15. The van der Waals surface area contributed by atoms with Gasteiger partial charge in [0, 0.05) is 19.7 Å². The summed E-state index contributed by atoms with van der Waals surface area (Å²) in [7, 11) is 1.76. The second-order valence-corrected chi connectivity index (χ2v) is 4.09. The zero-order valence-corrected chi connectivity index (χ0v) is 9.19. The number of ether oxygens (including phenoxy) is 1. The highest BCUT2D eigenvalue weighted by Crippen LogP contribution is 2.28. The molecule has 0 radical (unpaired) electrons. The zero-order valence-electron chi connectivity index (χ0n) is 9.19. The van der Waals surface area contributed by atoms with E-state index in [0.717, 1.165) is 12.5 Å². The normalized spacial score (nSPS) is 18.1. The van der Waals surface area contributed by atoms with Crippen LogP contribution in [0.25, 0.3) is 0 Å². The zero-order chi connectivity index (χ0) is 11.3. The molecule has 5 nitrogen and oxygen atoms in total. The summed E-state index contributed by atoms with van der Waals surface area (Å²) in [6.45, 7) is 2.14. The molecule has 1 atom stereocenters. The van der Waals surface area contributed by atoms with E-state index in [9.17, 15) is 4.79 Å². The molecule has 88 valence electrons. The number of carboxylic acid groups (broad SMARTS) is 1. The quantitative estimate of drug-likeness (QED) is 0.547. The maximum atomic E-state index is 10.8. The Balaban J connectivity index is 2.09. The van der Waals surface area contributed by atoms with Gasteiger partial charge in [0.25, 0.3) is 0 Å². The Morgan fingerprint density at radius 2 is 2.33 bits per heavy atom. The van der Waals surface area contributed by atoms with Gasteiger partial charge in [0.15, 0.2) is 0 Å². The molecule has 15 heavy (non-hydrogen) atoms. The van der Waals surface area contributed by atoms with Crippen LogP contribution in [0.15, 0.2) is 0 Å². The SMILES string of the molecule is CN(CCOCC1CC1)C(CN)C(=O)O. The molecule has 1 aliphatic carbocycles. The summed E-state index contributed by atoms with van der Waals surface area (Å²) < 4.78 is 5.43. The fraction of sp³-hybridized carbons (Fsp3) is 0.900. The van der Waals surface area contributed by atoms with Gasteiger partial charge in [-0.25, -0.2) is 0 Å². The van der Waals surface area contributed by atoms with Crippen LogP contribution in [0.3, 0.4) is 0 Å². The van der Waals surface area contributed by atoms with Gasteiger partial charge in [-0.05, 0) is 25.8 Å². The first kappa shape index (κ1) is 12.4. The minimum absolute atomic E-state index is 0.133. The largest absolute Gasteiger partial charge is 0.480 e. The monoisotopic (exact) mass is 216 g/mol. The summed E-state index contributed by atoms with van der Waals surface area (Å²) in [5.74, 6) is -0.123. The number of carboxylic acids is 1. The van der Waals surface area contributed by atoms with Gasteiger partial charge >= 0.3 is 5.97 Å². The molecule has 0 aromatic carbocycles. The molecule has 0 spiro atoms. The number of rotatable bonds is 8. The highest BCUT2D eigenvalue weighted by Gasteiger charge is 2.22. The van der Waals surface area contributed by atoms with Crippen LogP contribution < -0.4 is 5.73 Å². The smallest absolute Gasteiger partial charge is 0.322 e. The minimum Gasteiger partial charge on any atom is -0.480 e. The van der Waals surface area contributed by atoms with E-state index in [1.54, 1.807) is 11.9 Å². The Morgan fingerprint density at radius 1 is 1.67 bits per heavy atom. The van der Waals surface area contributed by atoms with Crippen LogP contribution in [0.4, 0.5) is 0 Å². The van der Waals surface area contributed by atoms with E-state index in [0.29, 0.717) is 13.2 Å². The summed E-state index contributed by atoms with van der Waals surface area (Å²) >= 11 is 0. The molecule has 0 aromatic rings. The molecule has 0 amide bonds. The number of likely N-dealkylation sites (N-methyl/N-ethyl adjacent to an activating group) is 1. The van der Waals surface area contributed by atoms with E-state index in [1.807, 2.05) is 0 Å². The Hall–Kier alpha value is -0.650. The predicted octanol–water partition coefficient (Wildman–Crippen LogP) is -0.243. The maximum Gasteiger partial charge on any atom is 0.322 e. The number of hydrogen-bond donors (Lipinski definition) is 2. The molecule has 1 unspecified atom stereocenters. The summed E-state index contributed by atoms with van der Waals surface area (Å²) in [5, 5.41) is 8.84. The third-order valence-electron chi connectivity index (χ3n) is 2.68. The molecule has 0 heterocycles. The van der Waals surface area contributed by atoms with Crippen molar-refractivity contribution in [3.63, 3.8) is 0 Å². The molecule has 0 aromatic heterocycles. The lowest BCUT2D eigenvalue weighted by atomic mass is 10.2. The standard InChI is InChI=1S/C10H20N2O3/c1-12(9(6-11)10(13)14)4-5-15-7-8-2-3-8/h8-9H,2-7,11H2,1H3,(H,13,14). The van der Waals surface area contributed by atoms with Crippen LogP contribution in [0.5, 0.6) is 0 Å². The molecular formula is C10H20N2O3. The predicted molar refractivity (Wildman–Crippen MR) is 56.7 cm³/mol. The molecule has 3 N–H and O–H groups in total. The van der Waals surface area contributed by atoms with Crippen molar-refractivity contribution in [1.82, 2.24) is 4.90 Å². The fourth-order valence-corrected chi connectivity index (χ4v) is 1.37. The molecule has 1 rings (SSSR count). The van der Waals surface area contributed by atoms with Crippen molar-refractivity contribution in [2.45, 2.75) is 18.9 Å². The fourth-order valence-electron chi connectivity index (χ4n) is 1.37. The van der Waals surface area contributed by atoms with Gasteiger partial charge in [-0.1, -0.05) is 0 Å². The van der Waals surface area contributed by atoms with Gasteiger partial charge in [0.05, 0.1) is 6.61 Å². The van der Waals surface area contributed by atoms with E-state index in [2.05, 4.69) is 0 Å². The summed E-state index contributed by atoms with van der Waals surface area (Å²) in [5.41, 5.74) is 5.37. The van der Waals surface area contributed by atoms with Crippen LogP contribution in [0.1, 0.15) is 12.8 Å². The van der Waals surface area contributed by atoms with Gasteiger partial charge in [-0.15, -0.1) is 0 Å². The van der Waals surface area contributed by atoms with Crippen molar-refractivity contribution in [1.29, 1.82) is 0 Å². The molecule has 0 saturated heterocycles. The topological polar surface area (TPSA) is 75.8 Å². The van der Waals surface area contributed by atoms with Crippen LogP contribution in [-0.4, -0.2) is 55.4 Å². The Labute approximate surface area is 90.2 Å². The van der Waals surface area contributed by atoms with E-state index < -0.39 is 12.0 Å². The number of hydrogen-bond acceptors (Lipinski definition) is 4. The summed E-state index contributed by atoms with van der Waals surface area (Å²) in [6, 6.07) is -0.602. The number of carbonyl (C=O) groups is 1. The van der Waals surface area contributed by atoms with E-state index in [1.165, 1.54) is 12.8 Å². The Bertz CT molecular complexity index is 207. The third kappa shape index (κ3) is 4.59. The van der Waals surface area contributed by atoms with Gasteiger partial charge in [-0.2, -0.15) is 0 Å². The van der Waals surface area contributed by atoms with E-state index >= 15 is 0 Å². The van der Waals surface area contributed by atoms with Crippen molar-refractivity contribution in [2.24, 2.45) is 11.7 Å². The number of aliphatic carboxylic acids is 1. The van der Waals surface area contributed by atoms with Gasteiger partial charge in [-0.3, -0.25) is 9.69 Å². The van der Waals surface area contributed by atoms with Crippen molar-refractivity contribution in [3.8, 4) is 0 Å². The first-order valence-electron chi connectivity index (χ1n) is 5.36. The molecule has 0 aliphatic heterocycles. The van der Waals surface area contributed by atoms with Gasteiger partial charge in [0.2, 0.25) is 0 Å². The van der Waals surface area contributed by atoms with Crippen LogP contribution in [0.2, 0.25) is 0 Å². The Kier molecular flexibility index (Phi) is 5.01. The lowest BCUT2D eigenvalue weighted by Gasteiger charge is -2.22. The van der Waals surface area contributed by atoms with Crippen molar-refractivity contribution in [3.05, 3.63) is 0 Å². The molecule has 5 heteroatoms. The van der Waals surface area contributed by atoms with Crippen LogP contribution >= 0.6 is 0 Å². The summed E-state index contributed by atoms with van der Waals surface area (Å²) in [6.07, 6.45) is 2.55. The number of nitrogens with two attached hydrogens (primary N) is 1. The molecule has 1 aliphatic rings. The highest BCUT2D eigenvalue weighted by molar-refractivity contribution is 5.73. The maximum absolute atomic E-state index is 10.8. The van der Waals surface area contributed by atoms with Crippen LogP contribution in [-0.2, 0) is 9.53 Å². The van der Waals surface area contributed by atoms with Crippen LogP contribution in [0, 0.1) is 5.92 Å². The molecular weight excluding hydrogens is 196 g/mol. The minimum atomic E-state index is -0.873. The van der Waals surface area contributed by atoms with Crippen molar-refractivity contribution < 1.29 is 14.6 Å². The summed E-state index contributed by atoms with van der Waals surface area (Å²) in [4.78, 5) is 12.5. The first-order valence-corrected chi connectivity index (χ1v) is 5.36. The van der Waals surface area contributed by atoms with Crippen molar-refractivity contribution in [2.75, 3.05) is 33.4 Å². The molecule has 1 fully saturated rings. The molecule has 1 saturated carbocycles. The Morgan fingerprint density at radius 3 is 2.80 bits per heavy atom. The second-order valence-electron chi connectivity index (χ2n) is 4.09. The average molecular weight is 216 g/mol. The van der Waals surface area contributed by atoms with Gasteiger partial charge in [0.1, 0.15) is 6.04 Å². The molecule has 0 bridgehead atoms. The van der Waals surface area contributed by atoms with Crippen molar-refractivity contribution >= 4 is 5.97 Å². The average Bonchev–Trinajstić information content (AvgIpc) is 2.96.